The van der Waals surface area contributed by atoms with Gasteiger partial charge in [-0.25, -0.2) is 4.98 Å². The molecule has 0 fully saturated rings. The predicted molar refractivity (Wildman–Crippen MR) is 77.3 cm³/mol. The van der Waals surface area contributed by atoms with Crippen molar-refractivity contribution in [2.45, 2.75) is 34.1 Å². The lowest BCUT2D eigenvalue weighted by Gasteiger charge is -2.27. The summed E-state index contributed by atoms with van der Waals surface area (Å²) in [6.07, 6.45) is 2.92. The quantitative estimate of drug-likeness (QED) is 0.600. The van der Waals surface area contributed by atoms with E-state index in [0.717, 1.165) is 36.5 Å². The van der Waals surface area contributed by atoms with Crippen LogP contribution < -0.4 is 10.6 Å². The van der Waals surface area contributed by atoms with E-state index in [1.54, 1.807) is 6.20 Å². The Morgan fingerprint density at radius 1 is 1.50 bits per heavy atom. The topological polar surface area (TPSA) is 66.0 Å². The number of nitrogens with two attached hydrogens (primary N) is 1. The third kappa shape index (κ3) is 3.22. The molecule has 4 heteroatoms. The van der Waals surface area contributed by atoms with Crippen LogP contribution in [0.4, 0.5) is 5.82 Å². The van der Waals surface area contributed by atoms with Gasteiger partial charge in [0.05, 0.1) is 5.56 Å². The number of anilines is 1. The molecule has 0 radical (unpaired) electrons. The van der Waals surface area contributed by atoms with E-state index in [4.69, 9.17) is 11.1 Å². The van der Waals surface area contributed by atoms with Crippen LogP contribution in [0.2, 0.25) is 0 Å². The molecule has 0 aliphatic rings. The van der Waals surface area contributed by atoms with Crippen molar-refractivity contribution < 1.29 is 0 Å². The van der Waals surface area contributed by atoms with Gasteiger partial charge in [0.25, 0.3) is 0 Å². The summed E-state index contributed by atoms with van der Waals surface area (Å²) in [5.74, 6) is 1.54. The minimum atomic E-state index is 0.0956. The van der Waals surface area contributed by atoms with Gasteiger partial charge in [-0.3, -0.25) is 5.41 Å². The van der Waals surface area contributed by atoms with Gasteiger partial charge in [0, 0.05) is 19.3 Å². The molecule has 0 spiro atoms. The van der Waals surface area contributed by atoms with Crippen molar-refractivity contribution in [1.82, 2.24) is 4.98 Å². The van der Waals surface area contributed by atoms with Gasteiger partial charge in [-0.05, 0) is 31.4 Å². The molecule has 1 unspecified atom stereocenters. The number of nitrogens with one attached hydrogen (secondary N) is 1. The van der Waals surface area contributed by atoms with Crippen molar-refractivity contribution in [1.29, 1.82) is 5.41 Å². The average molecular weight is 248 g/mol. The SMILES string of the molecule is CCC(C)CN(CC)c1nccc(C)c1C(=N)N. The number of hydrogen-bond acceptors (Lipinski definition) is 3. The van der Waals surface area contributed by atoms with Crippen molar-refractivity contribution in [3.05, 3.63) is 23.4 Å². The Kier molecular flexibility index (Phi) is 5.13. The van der Waals surface area contributed by atoms with E-state index in [1.807, 2.05) is 13.0 Å². The Morgan fingerprint density at radius 3 is 2.67 bits per heavy atom. The largest absolute Gasteiger partial charge is 0.384 e. The Balaban J connectivity index is 3.13. The van der Waals surface area contributed by atoms with E-state index in [-0.39, 0.29) is 5.84 Å². The van der Waals surface area contributed by atoms with Gasteiger partial charge in [-0.2, -0.15) is 0 Å². The molecule has 0 aliphatic heterocycles. The molecule has 0 aromatic carbocycles. The summed E-state index contributed by atoms with van der Waals surface area (Å²) in [5, 5.41) is 7.72. The summed E-state index contributed by atoms with van der Waals surface area (Å²) in [6, 6.07) is 1.90. The average Bonchev–Trinajstić information content (AvgIpc) is 2.34. The summed E-state index contributed by atoms with van der Waals surface area (Å²) in [4.78, 5) is 6.63. The molecule has 1 heterocycles. The first-order chi connectivity index (χ1) is 8.51. The molecule has 0 saturated heterocycles. The molecule has 0 aliphatic carbocycles. The van der Waals surface area contributed by atoms with Crippen LogP contribution in [0.3, 0.4) is 0 Å². The van der Waals surface area contributed by atoms with Crippen LogP contribution in [0.1, 0.15) is 38.3 Å². The third-order valence-corrected chi connectivity index (χ3v) is 3.32. The lowest BCUT2D eigenvalue weighted by molar-refractivity contribution is 0.545. The molecular weight excluding hydrogens is 224 g/mol. The zero-order chi connectivity index (χ0) is 13.7. The molecule has 4 nitrogen and oxygen atoms in total. The number of rotatable bonds is 6. The highest BCUT2D eigenvalue weighted by molar-refractivity contribution is 6.00. The lowest BCUT2D eigenvalue weighted by Crippen LogP contribution is -2.31. The van der Waals surface area contributed by atoms with E-state index in [1.165, 1.54) is 0 Å². The number of hydrogen-bond donors (Lipinski definition) is 2. The van der Waals surface area contributed by atoms with E-state index in [2.05, 4.69) is 30.7 Å². The van der Waals surface area contributed by atoms with E-state index in [0.29, 0.717) is 5.92 Å². The minimum Gasteiger partial charge on any atom is -0.384 e. The highest BCUT2D eigenvalue weighted by atomic mass is 15.2. The second-order valence-corrected chi connectivity index (χ2v) is 4.79. The normalized spacial score (nSPS) is 12.2. The summed E-state index contributed by atoms with van der Waals surface area (Å²) < 4.78 is 0. The maximum Gasteiger partial charge on any atom is 0.139 e. The van der Waals surface area contributed by atoms with Crippen LogP contribution in [0.15, 0.2) is 12.3 Å². The Labute approximate surface area is 110 Å². The molecule has 18 heavy (non-hydrogen) atoms. The molecule has 3 N–H and O–H groups in total. The molecule has 100 valence electrons. The van der Waals surface area contributed by atoms with Crippen molar-refractivity contribution in [2.75, 3.05) is 18.0 Å². The minimum absolute atomic E-state index is 0.0956. The van der Waals surface area contributed by atoms with Gasteiger partial charge < -0.3 is 10.6 Å². The summed E-state index contributed by atoms with van der Waals surface area (Å²) in [6.45, 7) is 10.3. The molecule has 0 bridgehead atoms. The fourth-order valence-corrected chi connectivity index (χ4v) is 1.99. The molecule has 1 rings (SSSR count). The van der Waals surface area contributed by atoms with Gasteiger partial charge in [-0.1, -0.05) is 20.3 Å². The zero-order valence-corrected chi connectivity index (χ0v) is 11.8. The first-order valence-electron chi connectivity index (χ1n) is 6.56. The Morgan fingerprint density at radius 2 is 2.17 bits per heavy atom. The number of pyridine rings is 1. The van der Waals surface area contributed by atoms with Crippen LogP contribution in [0.25, 0.3) is 0 Å². The number of nitrogens with zero attached hydrogens (tertiary/aromatic N) is 2. The Hall–Kier alpha value is -1.58. The van der Waals surface area contributed by atoms with Crippen LogP contribution in [0.5, 0.6) is 0 Å². The number of aromatic nitrogens is 1. The molecule has 0 saturated carbocycles. The summed E-state index contributed by atoms with van der Waals surface area (Å²) >= 11 is 0. The van der Waals surface area contributed by atoms with Crippen LogP contribution in [-0.4, -0.2) is 23.9 Å². The van der Waals surface area contributed by atoms with Gasteiger partial charge in [0.15, 0.2) is 0 Å². The van der Waals surface area contributed by atoms with E-state index >= 15 is 0 Å². The standard InChI is InChI=1S/C14H24N4/c1-5-10(3)9-18(6-2)14-12(13(15)16)11(4)7-8-17-14/h7-8,10H,5-6,9H2,1-4H3,(H3,15,16). The Bertz CT molecular complexity index is 414. The first-order valence-corrected chi connectivity index (χ1v) is 6.56. The predicted octanol–water partition coefficient (Wildman–Crippen LogP) is 2.55. The van der Waals surface area contributed by atoms with Gasteiger partial charge >= 0.3 is 0 Å². The smallest absolute Gasteiger partial charge is 0.139 e. The number of amidine groups is 1. The second-order valence-electron chi connectivity index (χ2n) is 4.79. The maximum atomic E-state index is 7.72. The van der Waals surface area contributed by atoms with Gasteiger partial charge in [0.1, 0.15) is 11.7 Å². The van der Waals surface area contributed by atoms with Crippen LogP contribution >= 0.6 is 0 Å². The van der Waals surface area contributed by atoms with E-state index < -0.39 is 0 Å². The fraction of sp³-hybridized carbons (Fsp3) is 0.571. The molecule has 1 atom stereocenters. The van der Waals surface area contributed by atoms with Crippen LogP contribution in [-0.2, 0) is 0 Å². The lowest BCUT2D eigenvalue weighted by atomic mass is 10.1. The molecular formula is C14H24N4. The fourth-order valence-electron chi connectivity index (χ4n) is 1.99. The third-order valence-electron chi connectivity index (χ3n) is 3.32. The first kappa shape index (κ1) is 14.5. The maximum absolute atomic E-state index is 7.72. The van der Waals surface area contributed by atoms with Crippen molar-refractivity contribution >= 4 is 11.7 Å². The van der Waals surface area contributed by atoms with Crippen molar-refractivity contribution in [3.63, 3.8) is 0 Å². The molecule has 0 amide bonds. The van der Waals surface area contributed by atoms with Crippen molar-refractivity contribution in [2.24, 2.45) is 11.7 Å². The van der Waals surface area contributed by atoms with Gasteiger partial charge in [-0.15, -0.1) is 0 Å². The zero-order valence-electron chi connectivity index (χ0n) is 11.8. The highest BCUT2D eigenvalue weighted by Gasteiger charge is 2.16. The van der Waals surface area contributed by atoms with E-state index in [9.17, 15) is 0 Å². The monoisotopic (exact) mass is 248 g/mol. The molecule has 1 aromatic rings. The highest BCUT2D eigenvalue weighted by Crippen LogP contribution is 2.21. The number of aryl methyl sites for hydroxylation is 1. The summed E-state index contributed by atoms with van der Waals surface area (Å²) in [7, 11) is 0. The van der Waals surface area contributed by atoms with Crippen LogP contribution in [0, 0.1) is 18.3 Å². The second kappa shape index (κ2) is 6.38. The number of nitrogen functional groups attached to an aromatic ring is 1. The summed E-state index contributed by atoms with van der Waals surface area (Å²) in [5.41, 5.74) is 7.46. The van der Waals surface area contributed by atoms with Crippen molar-refractivity contribution in [3.8, 4) is 0 Å². The van der Waals surface area contributed by atoms with Gasteiger partial charge in [0.2, 0.25) is 0 Å². The molecule has 1 aromatic heterocycles.